The van der Waals surface area contributed by atoms with Crippen LogP contribution in [0.4, 0.5) is 0 Å². The Labute approximate surface area is 85.3 Å². The summed E-state index contributed by atoms with van der Waals surface area (Å²) in [5, 5.41) is 7.64. The van der Waals surface area contributed by atoms with Crippen LogP contribution in [0.1, 0.15) is 46.6 Å². The topological polar surface area (TPSA) is 42.2 Å². The minimum absolute atomic E-state index is 0.178. The molecule has 0 bridgehead atoms. The highest BCUT2D eigenvalue weighted by molar-refractivity contribution is 4.87. The highest BCUT2D eigenvalue weighted by Gasteiger charge is 2.24. The Morgan fingerprint density at radius 1 is 1.14 bits per heavy atom. The van der Waals surface area contributed by atoms with Crippen LogP contribution >= 0.6 is 0 Å². The van der Waals surface area contributed by atoms with Gasteiger partial charge in [0.2, 0.25) is 12.3 Å². The summed E-state index contributed by atoms with van der Waals surface area (Å²) < 4.78 is 5.21. The summed E-state index contributed by atoms with van der Waals surface area (Å²) in [6.45, 7) is 10.8. The lowest BCUT2D eigenvalue weighted by molar-refractivity contribution is 0.105. The van der Waals surface area contributed by atoms with Gasteiger partial charge in [0.05, 0.1) is 6.04 Å². The highest BCUT2D eigenvalue weighted by Crippen LogP contribution is 2.22. The summed E-state index contributed by atoms with van der Waals surface area (Å²) in [5.41, 5.74) is 0. The van der Waals surface area contributed by atoms with Crippen LogP contribution in [0, 0.1) is 0 Å². The Kier molecular flexibility index (Phi) is 3.63. The van der Waals surface area contributed by atoms with Crippen molar-refractivity contribution < 1.29 is 4.42 Å². The van der Waals surface area contributed by atoms with Gasteiger partial charge >= 0.3 is 0 Å². The maximum Gasteiger partial charge on any atom is 0.233 e. The predicted molar refractivity (Wildman–Crippen MR) is 54.8 cm³/mol. The monoisotopic (exact) mass is 197 g/mol. The summed E-state index contributed by atoms with van der Waals surface area (Å²) in [6, 6.07) is 1.12. The maximum atomic E-state index is 5.21. The van der Waals surface area contributed by atoms with E-state index in [2.05, 4.69) is 49.7 Å². The Bertz CT molecular complexity index is 248. The molecule has 1 unspecified atom stereocenters. The minimum Gasteiger partial charge on any atom is -0.426 e. The van der Waals surface area contributed by atoms with E-state index in [1.165, 1.54) is 6.39 Å². The Morgan fingerprint density at radius 3 is 2.07 bits per heavy atom. The first-order valence-electron chi connectivity index (χ1n) is 5.07. The maximum absolute atomic E-state index is 5.21. The quantitative estimate of drug-likeness (QED) is 0.742. The first kappa shape index (κ1) is 11.2. The van der Waals surface area contributed by atoms with E-state index in [0.29, 0.717) is 18.0 Å². The van der Waals surface area contributed by atoms with Crippen molar-refractivity contribution in [1.29, 1.82) is 0 Å². The molecule has 80 valence electrons. The molecule has 1 heterocycles. The van der Waals surface area contributed by atoms with Crippen LogP contribution in [0.25, 0.3) is 0 Å². The first-order chi connectivity index (χ1) is 6.54. The molecule has 1 aromatic rings. The molecule has 0 aliphatic rings. The first-order valence-corrected chi connectivity index (χ1v) is 5.07. The van der Waals surface area contributed by atoms with E-state index in [1.54, 1.807) is 0 Å². The zero-order valence-electron chi connectivity index (χ0n) is 9.56. The molecule has 4 nitrogen and oxygen atoms in total. The van der Waals surface area contributed by atoms with E-state index < -0.39 is 0 Å². The lowest BCUT2D eigenvalue weighted by Crippen LogP contribution is -2.39. The molecule has 0 aliphatic heterocycles. The van der Waals surface area contributed by atoms with E-state index in [-0.39, 0.29) is 6.04 Å². The van der Waals surface area contributed by atoms with E-state index in [4.69, 9.17) is 4.42 Å². The Morgan fingerprint density at radius 2 is 1.71 bits per heavy atom. The third-order valence-corrected chi connectivity index (χ3v) is 2.37. The molecule has 0 saturated heterocycles. The lowest BCUT2D eigenvalue weighted by atomic mass is 10.1. The SMILES string of the molecule is CC(C)N(C(C)C)C(C)c1nnco1. The zero-order chi connectivity index (χ0) is 10.7. The smallest absolute Gasteiger partial charge is 0.233 e. The van der Waals surface area contributed by atoms with Crippen LogP contribution < -0.4 is 0 Å². The van der Waals surface area contributed by atoms with Gasteiger partial charge in [0.15, 0.2) is 0 Å². The number of hydrogen-bond donors (Lipinski definition) is 0. The van der Waals surface area contributed by atoms with Crippen molar-refractivity contribution in [2.24, 2.45) is 0 Å². The molecular formula is C10H19N3O. The van der Waals surface area contributed by atoms with Gasteiger partial charge in [-0.3, -0.25) is 4.90 Å². The Hall–Kier alpha value is -0.900. The van der Waals surface area contributed by atoms with Crippen molar-refractivity contribution in [3.05, 3.63) is 12.3 Å². The third-order valence-electron chi connectivity index (χ3n) is 2.37. The van der Waals surface area contributed by atoms with Gasteiger partial charge in [-0.25, -0.2) is 0 Å². The molecule has 14 heavy (non-hydrogen) atoms. The zero-order valence-corrected chi connectivity index (χ0v) is 9.56. The van der Waals surface area contributed by atoms with Gasteiger partial charge < -0.3 is 4.42 Å². The Balaban J connectivity index is 2.79. The third kappa shape index (κ3) is 2.32. The highest BCUT2D eigenvalue weighted by atomic mass is 16.4. The molecule has 1 rings (SSSR count). The average molecular weight is 197 g/mol. The van der Waals surface area contributed by atoms with Crippen LogP contribution in [-0.4, -0.2) is 27.2 Å². The standard InChI is InChI=1S/C10H19N3O/c1-7(2)13(8(3)4)9(5)10-12-11-6-14-10/h6-9H,1-5H3. The predicted octanol–water partition coefficient (Wildman–Crippen LogP) is 2.25. The number of rotatable bonds is 4. The molecule has 0 aromatic carbocycles. The second kappa shape index (κ2) is 4.55. The normalized spacial score (nSPS) is 14.3. The van der Waals surface area contributed by atoms with E-state index >= 15 is 0 Å². The van der Waals surface area contributed by atoms with E-state index in [1.807, 2.05) is 0 Å². The molecule has 0 fully saturated rings. The summed E-state index contributed by atoms with van der Waals surface area (Å²) in [4.78, 5) is 2.34. The molecule has 0 aliphatic carbocycles. The van der Waals surface area contributed by atoms with Crippen molar-refractivity contribution in [2.75, 3.05) is 0 Å². The van der Waals surface area contributed by atoms with Gasteiger partial charge in [0.25, 0.3) is 0 Å². The van der Waals surface area contributed by atoms with Gasteiger partial charge in [-0.15, -0.1) is 10.2 Å². The lowest BCUT2D eigenvalue weighted by Gasteiger charge is -2.34. The molecule has 1 atom stereocenters. The van der Waals surface area contributed by atoms with Crippen molar-refractivity contribution in [3.63, 3.8) is 0 Å². The molecular weight excluding hydrogens is 178 g/mol. The van der Waals surface area contributed by atoms with Crippen LogP contribution in [0.5, 0.6) is 0 Å². The fourth-order valence-electron chi connectivity index (χ4n) is 1.98. The summed E-state index contributed by atoms with van der Waals surface area (Å²) in [5.74, 6) is 0.687. The second-order valence-corrected chi connectivity index (χ2v) is 4.09. The van der Waals surface area contributed by atoms with Gasteiger partial charge in [-0.2, -0.15) is 0 Å². The van der Waals surface area contributed by atoms with Gasteiger partial charge in [-0.05, 0) is 34.6 Å². The molecule has 4 heteroatoms. The molecule has 0 saturated carbocycles. The van der Waals surface area contributed by atoms with Gasteiger partial charge in [-0.1, -0.05) is 0 Å². The van der Waals surface area contributed by atoms with E-state index in [0.717, 1.165) is 0 Å². The number of hydrogen-bond acceptors (Lipinski definition) is 4. The molecule has 0 amide bonds. The largest absolute Gasteiger partial charge is 0.426 e. The number of nitrogens with zero attached hydrogens (tertiary/aromatic N) is 3. The van der Waals surface area contributed by atoms with Crippen molar-refractivity contribution in [2.45, 2.75) is 52.7 Å². The summed E-state index contributed by atoms with van der Waals surface area (Å²) in [7, 11) is 0. The minimum atomic E-state index is 0.178. The number of aromatic nitrogens is 2. The summed E-state index contributed by atoms with van der Waals surface area (Å²) in [6.07, 6.45) is 1.38. The molecule has 0 radical (unpaired) electrons. The average Bonchev–Trinajstić information content (AvgIpc) is 2.53. The fraction of sp³-hybridized carbons (Fsp3) is 0.800. The van der Waals surface area contributed by atoms with Crippen LogP contribution in [-0.2, 0) is 0 Å². The van der Waals surface area contributed by atoms with Crippen LogP contribution in [0.15, 0.2) is 10.8 Å². The molecule has 0 N–H and O–H groups in total. The van der Waals surface area contributed by atoms with Gasteiger partial charge in [0, 0.05) is 12.1 Å². The summed E-state index contributed by atoms with van der Waals surface area (Å²) >= 11 is 0. The second-order valence-electron chi connectivity index (χ2n) is 4.09. The van der Waals surface area contributed by atoms with Crippen LogP contribution in [0.2, 0.25) is 0 Å². The molecule has 0 spiro atoms. The van der Waals surface area contributed by atoms with Crippen LogP contribution in [0.3, 0.4) is 0 Å². The van der Waals surface area contributed by atoms with Crippen molar-refractivity contribution in [1.82, 2.24) is 15.1 Å². The molecule has 1 aromatic heterocycles. The van der Waals surface area contributed by atoms with Gasteiger partial charge in [0.1, 0.15) is 0 Å². The van der Waals surface area contributed by atoms with Crippen molar-refractivity contribution >= 4 is 0 Å². The van der Waals surface area contributed by atoms with Crippen molar-refractivity contribution in [3.8, 4) is 0 Å². The van der Waals surface area contributed by atoms with E-state index in [9.17, 15) is 0 Å². The fourth-order valence-corrected chi connectivity index (χ4v) is 1.98.